The molecule has 1 atom stereocenters. The van der Waals surface area contributed by atoms with Gasteiger partial charge in [-0.15, -0.1) is 0 Å². The van der Waals surface area contributed by atoms with Gasteiger partial charge in [-0.25, -0.2) is 12.7 Å². The molecule has 0 fully saturated rings. The smallest absolute Gasteiger partial charge is 0.273 e. The molecule has 166 valence electrons. The molecule has 1 unspecified atom stereocenters. The molecule has 0 aromatic heterocycles. The molecule has 0 saturated heterocycles. The summed E-state index contributed by atoms with van der Waals surface area (Å²) in [5, 5.41) is 0. The quantitative estimate of drug-likeness (QED) is 0.559. The third kappa shape index (κ3) is 4.14. The van der Waals surface area contributed by atoms with Gasteiger partial charge in [0.05, 0.1) is 16.9 Å². The summed E-state index contributed by atoms with van der Waals surface area (Å²) in [6.07, 6.45) is -4.59. The molecule has 4 nitrogen and oxygen atoms in total. The number of alkyl halides is 3. The lowest BCUT2D eigenvalue weighted by Crippen LogP contribution is -2.39. The van der Waals surface area contributed by atoms with Crippen LogP contribution in [-0.4, -0.2) is 25.2 Å². The standard InChI is InChI=1S/C24H20F3NO3S/c1-16-6-12-20(13-7-16)32(30,31)28-15-22(17-8-10-19(11-9-17)24(25,26)27)21-5-3-2-4-18(21)14-23(28)29/h2-13,22H,14-15H2,1H3. The molecular weight excluding hydrogens is 439 g/mol. The second-order valence-corrected chi connectivity index (χ2v) is 9.65. The summed E-state index contributed by atoms with van der Waals surface area (Å²) in [5.74, 6) is -1.17. The lowest BCUT2D eigenvalue weighted by Gasteiger charge is -2.25. The number of amides is 1. The molecule has 4 rings (SSSR count). The predicted molar refractivity (Wildman–Crippen MR) is 114 cm³/mol. The predicted octanol–water partition coefficient (Wildman–Crippen LogP) is 4.92. The number of carbonyl (C=O) groups is 1. The summed E-state index contributed by atoms with van der Waals surface area (Å²) in [7, 11) is -4.14. The van der Waals surface area contributed by atoms with E-state index in [0.717, 1.165) is 27.6 Å². The van der Waals surface area contributed by atoms with Gasteiger partial charge < -0.3 is 0 Å². The first-order valence-electron chi connectivity index (χ1n) is 9.94. The number of aryl methyl sites for hydroxylation is 1. The first-order valence-corrected chi connectivity index (χ1v) is 11.4. The number of hydrogen-bond acceptors (Lipinski definition) is 3. The van der Waals surface area contributed by atoms with E-state index in [4.69, 9.17) is 0 Å². The Bertz CT molecular complexity index is 1250. The number of halogens is 3. The molecule has 1 aliphatic heterocycles. The minimum absolute atomic E-state index is 0.00595. The Morgan fingerprint density at radius 2 is 1.53 bits per heavy atom. The Balaban J connectivity index is 1.79. The average Bonchev–Trinajstić information content (AvgIpc) is 2.90. The fourth-order valence-electron chi connectivity index (χ4n) is 3.91. The lowest BCUT2D eigenvalue weighted by atomic mass is 9.88. The van der Waals surface area contributed by atoms with E-state index in [1.807, 2.05) is 6.92 Å². The molecule has 32 heavy (non-hydrogen) atoms. The van der Waals surface area contributed by atoms with E-state index in [-0.39, 0.29) is 17.9 Å². The van der Waals surface area contributed by atoms with Gasteiger partial charge in [-0.3, -0.25) is 4.79 Å². The van der Waals surface area contributed by atoms with Crippen LogP contribution in [0.2, 0.25) is 0 Å². The number of nitrogens with zero attached hydrogens (tertiary/aromatic N) is 1. The molecule has 8 heteroatoms. The summed E-state index contributed by atoms with van der Waals surface area (Å²) < 4.78 is 66.6. The molecule has 1 amide bonds. The van der Waals surface area contributed by atoms with Gasteiger partial charge in [-0.1, -0.05) is 54.1 Å². The minimum atomic E-state index is -4.48. The van der Waals surface area contributed by atoms with Gasteiger partial charge in [0, 0.05) is 12.5 Å². The Morgan fingerprint density at radius 1 is 0.906 bits per heavy atom. The van der Waals surface area contributed by atoms with Gasteiger partial charge in [-0.2, -0.15) is 13.2 Å². The van der Waals surface area contributed by atoms with Crippen LogP contribution in [-0.2, 0) is 27.4 Å². The second-order valence-electron chi connectivity index (χ2n) is 7.79. The molecule has 0 N–H and O–H groups in total. The van der Waals surface area contributed by atoms with Crippen molar-refractivity contribution in [2.45, 2.75) is 30.3 Å². The maximum atomic E-state index is 13.3. The molecule has 1 heterocycles. The van der Waals surface area contributed by atoms with Crippen LogP contribution in [0.5, 0.6) is 0 Å². The van der Waals surface area contributed by atoms with Crippen LogP contribution in [0.15, 0.2) is 77.7 Å². The van der Waals surface area contributed by atoms with Gasteiger partial charge in [0.2, 0.25) is 5.91 Å². The summed E-state index contributed by atoms with van der Waals surface area (Å²) in [6, 6.07) is 17.9. The topological polar surface area (TPSA) is 54.5 Å². The Hall–Kier alpha value is -3.13. The maximum absolute atomic E-state index is 13.3. The highest BCUT2D eigenvalue weighted by Crippen LogP contribution is 2.36. The fraction of sp³-hybridized carbons (Fsp3) is 0.208. The number of hydrogen-bond donors (Lipinski definition) is 0. The van der Waals surface area contributed by atoms with Gasteiger partial charge in [-0.05, 0) is 47.9 Å². The number of rotatable bonds is 3. The molecule has 0 spiro atoms. The molecule has 1 aliphatic rings. The van der Waals surface area contributed by atoms with E-state index in [1.165, 1.54) is 24.3 Å². The summed E-state index contributed by atoms with van der Waals surface area (Å²) in [4.78, 5) is 13.0. The van der Waals surface area contributed by atoms with Gasteiger partial charge in [0.25, 0.3) is 10.0 Å². The highest BCUT2D eigenvalue weighted by molar-refractivity contribution is 7.89. The van der Waals surface area contributed by atoms with Crippen molar-refractivity contribution in [3.63, 3.8) is 0 Å². The molecule has 0 bridgehead atoms. The van der Waals surface area contributed by atoms with Gasteiger partial charge in [0.1, 0.15) is 0 Å². The van der Waals surface area contributed by atoms with Crippen LogP contribution in [0.1, 0.15) is 33.7 Å². The van der Waals surface area contributed by atoms with Crippen molar-refractivity contribution in [1.82, 2.24) is 4.31 Å². The highest BCUT2D eigenvalue weighted by atomic mass is 32.2. The summed E-state index contributed by atoms with van der Waals surface area (Å²) >= 11 is 0. The Kier molecular flexibility index (Phi) is 5.58. The van der Waals surface area contributed by atoms with Crippen molar-refractivity contribution in [2.75, 3.05) is 6.54 Å². The van der Waals surface area contributed by atoms with E-state index in [1.54, 1.807) is 36.4 Å². The van der Waals surface area contributed by atoms with Crippen LogP contribution in [0.4, 0.5) is 13.2 Å². The SMILES string of the molecule is Cc1ccc(S(=O)(=O)N2CC(c3ccc(C(F)(F)F)cc3)c3ccccc3CC2=O)cc1. The van der Waals surface area contributed by atoms with E-state index in [9.17, 15) is 26.4 Å². The van der Waals surface area contributed by atoms with Crippen molar-refractivity contribution in [3.05, 3.63) is 101 Å². The van der Waals surface area contributed by atoms with Crippen molar-refractivity contribution < 1.29 is 26.4 Å². The van der Waals surface area contributed by atoms with Crippen LogP contribution in [0.3, 0.4) is 0 Å². The molecule has 0 saturated carbocycles. The van der Waals surface area contributed by atoms with Crippen molar-refractivity contribution in [2.24, 2.45) is 0 Å². The number of carbonyl (C=O) groups excluding carboxylic acids is 1. The fourth-order valence-corrected chi connectivity index (χ4v) is 5.32. The van der Waals surface area contributed by atoms with E-state index >= 15 is 0 Å². The minimum Gasteiger partial charge on any atom is -0.273 e. The van der Waals surface area contributed by atoms with Gasteiger partial charge >= 0.3 is 6.18 Å². The van der Waals surface area contributed by atoms with Crippen LogP contribution >= 0.6 is 0 Å². The first kappa shape index (κ1) is 22.1. The van der Waals surface area contributed by atoms with Crippen molar-refractivity contribution >= 4 is 15.9 Å². The summed E-state index contributed by atoms with van der Waals surface area (Å²) in [6.45, 7) is 1.63. The van der Waals surface area contributed by atoms with Gasteiger partial charge in [0.15, 0.2) is 0 Å². The molecular formula is C24H20F3NO3S. The summed E-state index contributed by atoms with van der Waals surface area (Å²) in [5.41, 5.74) is 1.97. The third-order valence-corrected chi connectivity index (χ3v) is 7.45. The Morgan fingerprint density at radius 3 is 2.16 bits per heavy atom. The highest BCUT2D eigenvalue weighted by Gasteiger charge is 2.37. The number of sulfonamides is 1. The number of fused-ring (bicyclic) bond motifs is 1. The van der Waals surface area contributed by atoms with Crippen molar-refractivity contribution in [1.29, 1.82) is 0 Å². The van der Waals surface area contributed by atoms with E-state index in [0.29, 0.717) is 11.1 Å². The zero-order valence-electron chi connectivity index (χ0n) is 17.1. The zero-order chi connectivity index (χ0) is 23.1. The largest absolute Gasteiger partial charge is 0.416 e. The molecule has 0 aliphatic carbocycles. The molecule has 3 aromatic carbocycles. The maximum Gasteiger partial charge on any atom is 0.416 e. The normalized spacial score (nSPS) is 17.1. The Labute approximate surface area is 184 Å². The first-order chi connectivity index (χ1) is 15.1. The monoisotopic (exact) mass is 459 g/mol. The van der Waals surface area contributed by atoms with E-state index in [2.05, 4.69) is 0 Å². The second kappa shape index (κ2) is 8.09. The third-order valence-electron chi connectivity index (χ3n) is 5.65. The lowest BCUT2D eigenvalue weighted by molar-refractivity contribution is -0.137. The van der Waals surface area contributed by atoms with Crippen LogP contribution in [0, 0.1) is 6.92 Å². The van der Waals surface area contributed by atoms with Crippen molar-refractivity contribution in [3.8, 4) is 0 Å². The van der Waals surface area contributed by atoms with Crippen LogP contribution in [0.25, 0.3) is 0 Å². The molecule has 0 radical (unpaired) electrons. The molecule has 3 aromatic rings. The number of benzene rings is 3. The zero-order valence-corrected chi connectivity index (χ0v) is 18.0. The average molecular weight is 459 g/mol. The van der Waals surface area contributed by atoms with E-state index < -0.39 is 33.6 Å². The van der Waals surface area contributed by atoms with Crippen LogP contribution < -0.4 is 0 Å².